The zero-order chi connectivity index (χ0) is 14.8. The second-order valence-electron chi connectivity index (χ2n) is 5.15. The summed E-state index contributed by atoms with van der Waals surface area (Å²) in [5.74, 6) is 0.851. The second kappa shape index (κ2) is 6.11. The number of nitrogens with zero attached hydrogens (tertiary/aromatic N) is 2. The van der Waals surface area contributed by atoms with Crippen molar-refractivity contribution in [1.29, 1.82) is 0 Å². The number of rotatable bonds is 4. The van der Waals surface area contributed by atoms with E-state index in [-0.39, 0.29) is 6.04 Å². The van der Waals surface area contributed by atoms with Crippen LogP contribution in [0.3, 0.4) is 0 Å². The Kier molecular flexibility index (Phi) is 4.67. The van der Waals surface area contributed by atoms with E-state index in [1.54, 1.807) is 11.4 Å². The normalized spacial score (nSPS) is 19.8. The first-order chi connectivity index (χ1) is 9.41. The summed E-state index contributed by atoms with van der Waals surface area (Å²) >= 11 is 0. The molecule has 5 nitrogen and oxygen atoms in total. The number of piperazine rings is 1. The Morgan fingerprint density at radius 1 is 1.20 bits per heavy atom. The summed E-state index contributed by atoms with van der Waals surface area (Å²) in [6.45, 7) is 4.78. The van der Waals surface area contributed by atoms with Crippen LogP contribution in [0.15, 0.2) is 24.3 Å². The van der Waals surface area contributed by atoms with Crippen LogP contribution in [0.1, 0.15) is 18.5 Å². The molecule has 0 spiro atoms. The Bertz CT molecular complexity index is 551. The molecule has 2 rings (SSSR count). The van der Waals surface area contributed by atoms with E-state index in [0.29, 0.717) is 13.1 Å². The first-order valence-electron chi connectivity index (χ1n) is 6.75. The average Bonchev–Trinajstić information content (AvgIpc) is 2.46. The standard InChI is InChI=1S/C14H22N2O3S/c1-12(13-5-4-6-14(11-13)19-2)15-7-9-16(10-8-15)20(3,17)18/h4-6,11-12H,7-10H2,1-3H3. The fourth-order valence-corrected chi connectivity index (χ4v) is 3.36. The van der Waals surface area contributed by atoms with Crippen molar-refractivity contribution in [3.05, 3.63) is 29.8 Å². The predicted octanol–water partition coefficient (Wildman–Crippen LogP) is 1.33. The molecule has 1 aliphatic heterocycles. The fraction of sp³-hybridized carbons (Fsp3) is 0.571. The van der Waals surface area contributed by atoms with Crippen LogP contribution in [-0.4, -0.2) is 57.2 Å². The highest BCUT2D eigenvalue weighted by molar-refractivity contribution is 7.88. The van der Waals surface area contributed by atoms with Crippen molar-refractivity contribution in [2.45, 2.75) is 13.0 Å². The predicted molar refractivity (Wildman–Crippen MR) is 79.4 cm³/mol. The van der Waals surface area contributed by atoms with Gasteiger partial charge in [0.15, 0.2) is 0 Å². The largest absolute Gasteiger partial charge is 0.497 e. The third-order valence-corrected chi connectivity index (χ3v) is 5.17. The van der Waals surface area contributed by atoms with E-state index < -0.39 is 10.0 Å². The summed E-state index contributed by atoms with van der Waals surface area (Å²) in [5, 5.41) is 0. The Balaban J connectivity index is 2.02. The SMILES string of the molecule is COc1cccc(C(C)N2CCN(S(C)(=O)=O)CC2)c1. The molecule has 1 atom stereocenters. The topological polar surface area (TPSA) is 49.9 Å². The summed E-state index contributed by atoms with van der Waals surface area (Å²) in [5.41, 5.74) is 1.19. The first-order valence-corrected chi connectivity index (χ1v) is 8.60. The molecule has 1 aromatic rings. The monoisotopic (exact) mass is 298 g/mol. The maximum Gasteiger partial charge on any atom is 0.211 e. The van der Waals surface area contributed by atoms with Crippen LogP contribution in [0, 0.1) is 0 Å². The van der Waals surface area contributed by atoms with Crippen molar-refractivity contribution in [2.75, 3.05) is 39.5 Å². The molecule has 0 saturated carbocycles. The van der Waals surface area contributed by atoms with Gasteiger partial charge in [0.2, 0.25) is 10.0 Å². The minimum atomic E-state index is -3.06. The van der Waals surface area contributed by atoms with E-state index >= 15 is 0 Å². The van der Waals surface area contributed by atoms with Crippen LogP contribution < -0.4 is 4.74 Å². The van der Waals surface area contributed by atoms with E-state index in [1.165, 1.54) is 11.8 Å². The van der Waals surface area contributed by atoms with Gasteiger partial charge in [-0.1, -0.05) is 12.1 Å². The minimum absolute atomic E-state index is 0.256. The lowest BCUT2D eigenvalue weighted by Crippen LogP contribution is -2.48. The molecule has 1 saturated heterocycles. The van der Waals surface area contributed by atoms with Crippen molar-refractivity contribution < 1.29 is 13.2 Å². The van der Waals surface area contributed by atoms with Gasteiger partial charge >= 0.3 is 0 Å². The van der Waals surface area contributed by atoms with E-state index in [0.717, 1.165) is 18.8 Å². The summed E-state index contributed by atoms with van der Waals surface area (Å²) in [4.78, 5) is 2.30. The molecule has 1 fully saturated rings. The van der Waals surface area contributed by atoms with Gasteiger partial charge in [-0.2, -0.15) is 4.31 Å². The Labute approximate surface area is 121 Å². The Hall–Kier alpha value is -1.11. The van der Waals surface area contributed by atoms with Gasteiger partial charge < -0.3 is 4.74 Å². The van der Waals surface area contributed by atoms with E-state index in [1.807, 2.05) is 18.2 Å². The third-order valence-electron chi connectivity index (χ3n) is 3.87. The van der Waals surface area contributed by atoms with Crippen LogP contribution >= 0.6 is 0 Å². The van der Waals surface area contributed by atoms with Crippen LogP contribution in [0.4, 0.5) is 0 Å². The van der Waals surface area contributed by atoms with E-state index in [2.05, 4.69) is 17.9 Å². The zero-order valence-corrected chi connectivity index (χ0v) is 13.1. The molecule has 1 aromatic carbocycles. The average molecular weight is 298 g/mol. The molecular weight excluding hydrogens is 276 g/mol. The van der Waals surface area contributed by atoms with Gasteiger partial charge in [0.05, 0.1) is 13.4 Å². The lowest BCUT2D eigenvalue weighted by atomic mass is 10.1. The molecule has 0 aliphatic carbocycles. The lowest BCUT2D eigenvalue weighted by molar-refractivity contribution is 0.146. The van der Waals surface area contributed by atoms with Crippen molar-refractivity contribution in [3.63, 3.8) is 0 Å². The van der Waals surface area contributed by atoms with Crippen LogP contribution in [0.25, 0.3) is 0 Å². The molecule has 1 heterocycles. The molecular formula is C14H22N2O3S. The molecule has 0 bridgehead atoms. The maximum absolute atomic E-state index is 11.5. The molecule has 112 valence electrons. The first kappa shape index (κ1) is 15.3. The van der Waals surface area contributed by atoms with E-state index in [9.17, 15) is 8.42 Å². The van der Waals surface area contributed by atoms with Gasteiger partial charge in [-0.3, -0.25) is 4.90 Å². The summed E-state index contributed by atoms with van der Waals surface area (Å²) in [7, 11) is -1.40. The van der Waals surface area contributed by atoms with Crippen molar-refractivity contribution in [2.24, 2.45) is 0 Å². The van der Waals surface area contributed by atoms with Gasteiger partial charge in [0.1, 0.15) is 5.75 Å². The quantitative estimate of drug-likeness (QED) is 0.841. The number of ether oxygens (including phenoxy) is 1. The Morgan fingerprint density at radius 3 is 2.40 bits per heavy atom. The van der Waals surface area contributed by atoms with Crippen LogP contribution in [0.5, 0.6) is 5.75 Å². The molecule has 0 N–H and O–H groups in total. The number of hydrogen-bond donors (Lipinski definition) is 0. The molecule has 0 radical (unpaired) electrons. The summed E-state index contributed by atoms with van der Waals surface area (Å²) < 4.78 is 29.8. The molecule has 0 aromatic heterocycles. The highest BCUT2D eigenvalue weighted by Crippen LogP contribution is 2.25. The molecule has 1 unspecified atom stereocenters. The van der Waals surface area contributed by atoms with Crippen molar-refractivity contribution in [3.8, 4) is 5.75 Å². The molecule has 0 amide bonds. The smallest absolute Gasteiger partial charge is 0.211 e. The van der Waals surface area contributed by atoms with Crippen LogP contribution in [-0.2, 0) is 10.0 Å². The van der Waals surface area contributed by atoms with Crippen LogP contribution in [0.2, 0.25) is 0 Å². The highest BCUT2D eigenvalue weighted by Gasteiger charge is 2.26. The van der Waals surface area contributed by atoms with Crippen molar-refractivity contribution in [1.82, 2.24) is 9.21 Å². The lowest BCUT2D eigenvalue weighted by Gasteiger charge is -2.37. The van der Waals surface area contributed by atoms with Gasteiger partial charge in [-0.05, 0) is 24.6 Å². The number of benzene rings is 1. The number of methoxy groups -OCH3 is 1. The third kappa shape index (κ3) is 3.50. The molecule has 1 aliphatic rings. The van der Waals surface area contributed by atoms with Gasteiger partial charge in [-0.15, -0.1) is 0 Å². The molecule has 20 heavy (non-hydrogen) atoms. The van der Waals surface area contributed by atoms with Gasteiger partial charge in [0.25, 0.3) is 0 Å². The Morgan fingerprint density at radius 2 is 1.85 bits per heavy atom. The zero-order valence-electron chi connectivity index (χ0n) is 12.2. The summed E-state index contributed by atoms with van der Waals surface area (Å²) in [6, 6.07) is 8.28. The fourth-order valence-electron chi connectivity index (χ4n) is 2.53. The number of sulfonamides is 1. The van der Waals surface area contributed by atoms with E-state index in [4.69, 9.17) is 4.74 Å². The van der Waals surface area contributed by atoms with Gasteiger partial charge in [0, 0.05) is 32.2 Å². The molecule has 6 heteroatoms. The van der Waals surface area contributed by atoms with Crippen molar-refractivity contribution >= 4 is 10.0 Å². The van der Waals surface area contributed by atoms with Gasteiger partial charge in [-0.25, -0.2) is 8.42 Å². The minimum Gasteiger partial charge on any atom is -0.497 e. The maximum atomic E-state index is 11.5. The summed E-state index contributed by atoms with van der Waals surface area (Å²) in [6.07, 6.45) is 1.27. The number of hydrogen-bond acceptors (Lipinski definition) is 4. The second-order valence-corrected chi connectivity index (χ2v) is 7.13. The highest BCUT2D eigenvalue weighted by atomic mass is 32.2.